The topological polar surface area (TPSA) is 76.7 Å². The normalized spacial score (nSPS) is 19.6. The highest BCUT2D eigenvalue weighted by molar-refractivity contribution is 5.85. The van der Waals surface area contributed by atoms with Crippen molar-refractivity contribution in [2.45, 2.75) is 18.6 Å². The summed E-state index contributed by atoms with van der Waals surface area (Å²) < 4.78 is 10.2. The molecule has 1 amide bonds. The number of rotatable bonds is 5. The molecule has 0 aliphatic carbocycles. The van der Waals surface area contributed by atoms with E-state index in [2.05, 4.69) is 10.6 Å². The average molecular weight is 292 g/mol. The molecule has 6 nitrogen and oxygen atoms in total. The van der Waals surface area contributed by atoms with Crippen LogP contribution in [0.5, 0.6) is 0 Å². The van der Waals surface area contributed by atoms with Crippen molar-refractivity contribution in [1.82, 2.24) is 10.6 Å². The zero-order chi connectivity index (χ0) is 15.1. The van der Waals surface area contributed by atoms with Gasteiger partial charge in [-0.1, -0.05) is 30.3 Å². The Morgan fingerprint density at radius 1 is 1.43 bits per heavy atom. The van der Waals surface area contributed by atoms with Crippen LogP contribution in [0.15, 0.2) is 30.3 Å². The first-order valence-electron chi connectivity index (χ1n) is 6.95. The first-order valence-corrected chi connectivity index (χ1v) is 6.95. The maximum atomic E-state index is 12.1. The average Bonchev–Trinajstić information content (AvgIpc) is 2.53. The second kappa shape index (κ2) is 7.75. The number of nitrogens with one attached hydrogen (secondary N) is 2. The van der Waals surface area contributed by atoms with Gasteiger partial charge in [-0.25, -0.2) is 4.79 Å². The third kappa shape index (κ3) is 4.54. The lowest BCUT2D eigenvalue weighted by atomic mass is 10.1. The Morgan fingerprint density at radius 3 is 2.81 bits per heavy atom. The molecule has 1 heterocycles. The summed E-state index contributed by atoms with van der Waals surface area (Å²) >= 11 is 0. The van der Waals surface area contributed by atoms with Crippen molar-refractivity contribution < 1.29 is 19.1 Å². The van der Waals surface area contributed by atoms with Crippen LogP contribution in [-0.4, -0.2) is 44.8 Å². The molecule has 0 spiro atoms. The van der Waals surface area contributed by atoms with Crippen molar-refractivity contribution in [3.8, 4) is 0 Å². The van der Waals surface area contributed by atoms with E-state index in [0.29, 0.717) is 18.7 Å². The molecule has 2 unspecified atom stereocenters. The molecule has 1 aliphatic rings. The highest BCUT2D eigenvalue weighted by atomic mass is 16.5. The summed E-state index contributed by atoms with van der Waals surface area (Å²) in [5.41, 5.74) is 0.695. The summed E-state index contributed by atoms with van der Waals surface area (Å²) in [5, 5.41) is 5.87. The third-order valence-corrected chi connectivity index (χ3v) is 3.29. The summed E-state index contributed by atoms with van der Waals surface area (Å²) in [6, 6.07) is 8.24. The minimum absolute atomic E-state index is 0.159. The molecule has 2 atom stereocenters. The van der Waals surface area contributed by atoms with Crippen molar-refractivity contribution in [3.63, 3.8) is 0 Å². The van der Waals surface area contributed by atoms with E-state index in [1.165, 1.54) is 7.11 Å². The lowest BCUT2D eigenvalue weighted by Gasteiger charge is -2.24. The van der Waals surface area contributed by atoms with E-state index in [0.717, 1.165) is 6.54 Å². The molecule has 6 heteroatoms. The Kier molecular flexibility index (Phi) is 5.71. The third-order valence-electron chi connectivity index (χ3n) is 3.29. The Hall–Kier alpha value is -1.92. The second-order valence-corrected chi connectivity index (χ2v) is 4.84. The van der Waals surface area contributed by atoms with E-state index in [1.54, 1.807) is 12.1 Å². The Balaban J connectivity index is 1.98. The highest BCUT2D eigenvalue weighted by Crippen LogP contribution is 2.15. The number of hydrogen-bond donors (Lipinski definition) is 2. The number of ether oxygens (including phenoxy) is 2. The fourth-order valence-corrected chi connectivity index (χ4v) is 2.22. The molecular formula is C15H20N2O4. The van der Waals surface area contributed by atoms with Crippen molar-refractivity contribution >= 4 is 11.9 Å². The molecule has 1 fully saturated rings. The maximum Gasteiger partial charge on any atom is 0.333 e. The number of benzene rings is 1. The molecular weight excluding hydrogens is 272 g/mol. The van der Waals surface area contributed by atoms with E-state index < -0.39 is 12.0 Å². The fraction of sp³-hybridized carbons (Fsp3) is 0.467. The van der Waals surface area contributed by atoms with Gasteiger partial charge in [0.25, 0.3) is 0 Å². The molecule has 114 valence electrons. The molecule has 2 N–H and O–H groups in total. The van der Waals surface area contributed by atoms with Gasteiger partial charge in [0.2, 0.25) is 5.91 Å². The molecule has 1 aromatic rings. The molecule has 2 rings (SSSR count). The first kappa shape index (κ1) is 15.5. The minimum atomic E-state index is -0.791. The summed E-state index contributed by atoms with van der Waals surface area (Å²) in [7, 11) is 1.30. The van der Waals surface area contributed by atoms with Gasteiger partial charge in [-0.15, -0.1) is 0 Å². The molecule has 1 aromatic carbocycles. The molecule has 21 heavy (non-hydrogen) atoms. The number of methoxy groups -OCH3 is 1. The lowest BCUT2D eigenvalue weighted by molar-refractivity contribution is -0.145. The highest BCUT2D eigenvalue weighted by Gasteiger charge is 2.25. The van der Waals surface area contributed by atoms with Crippen LogP contribution in [0.1, 0.15) is 18.0 Å². The summed E-state index contributed by atoms with van der Waals surface area (Å²) in [6.07, 6.45) is 0.0562. The van der Waals surface area contributed by atoms with Crippen molar-refractivity contribution in [3.05, 3.63) is 35.9 Å². The van der Waals surface area contributed by atoms with Gasteiger partial charge in [0.05, 0.1) is 26.2 Å². The minimum Gasteiger partial charge on any atom is -0.467 e. The number of amides is 1. The van der Waals surface area contributed by atoms with Crippen LogP contribution in [0.3, 0.4) is 0 Å². The second-order valence-electron chi connectivity index (χ2n) is 4.84. The standard InChI is InChI=1S/C15H20N2O4/c1-20-15(19)14(11-5-3-2-4-6-11)17-13(18)9-12-10-16-7-8-21-12/h2-6,12,14,16H,7-10H2,1H3,(H,17,18). The summed E-state index contributed by atoms with van der Waals surface area (Å²) in [4.78, 5) is 23.9. The van der Waals surface area contributed by atoms with E-state index in [4.69, 9.17) is 9.47 Å². The van der Waals surface area contributed by atoms with E-state index in [-0.39, 0.29) is 18.4 Å². The van der Waals surface area contributed by atoms with E-state index in [1.807, 2.05) is 18.2 Å². The summed E-state index contributed by atoms with van der Waals surface area (Å²) in [5.74, 6) is -0.722. The van der Waals surface area contributed by atoms with Gasteiger partial charge in [-0.05, 0) is 5.56 Å². The number of hydrogen-bond acceptors (Lipinski definition) is 5. The predicted octanol–water partition coefficient (Wildman–Crippen LogP) is 0.395. The number of carbonyl (C=O) groups excluding carboxylic acids is 2. The Labute approximate surface area is 123 Å². The van der Waals surface area contributed by atoms with Crippen molar-refractivity contribution in [2.75, 3.05) is 26.8 Å². The van der Waals surface area contributed by atoms with Crippen molar-refractivity contribution in [2.24, 2.45) is 0 Å². The molecule has 1 saturated heterocycles. The van der Waals surface area contributed by atoms with Crippen LogP contribution >= 0.6 is 0 Å². The van der Waals surface area contributed by atoms with Gasteiger partial charge in [0, 0.05) is 13.1 Å². The molecule has 0 radical (unpaired) electrons. The monoisotopic (exact) mass is 292 g/mol. The maximum absolute atomic E-state index is 12.1. The van der Waals surface area contributed by atoms with Gasteiger partial charge in [0.1, 0.15) is 0 Å². The van der Waals surface area contributed by atoms with Gasteiger partial charge in [-0.2, -0.15) is 0 Å². The van der Waals surface area contributed by atoms with Crippen LogP contribution in [0.2, 0.25) is 0 Å². The van der Waals surface area contributed by atoms with Gasteiger partial charge >= 0.3 is 5.97 Å². The Morgan fingerprint density at radius 2 is 2.19 bits per heavy atom. The quantitative estimate of drug-likeness (QED) is 0.768. The predicted molar refractivity (Wildman–Crippen MR) is 76.6 cm³/mol. The number of esters is 1. The van der Waals surface area contributed by atoms with Gasteiger partial charge < -0.3 is 20.1 Å². The van der Waals surface area contributed by atoms with Crippen LogP contribution in [0, 0.1) is 0 Å². The van der Waals surface area contributed by atoms with Crippen LogP contribution in [0.4, 0.5) is 0 Å². The largest absolute Gasteiger partial charge is 0.467 e. The van der Waals surface area contributed by atoms with Crippen molar-refractivity contribution in [1.29, 1.82) is 0 Å². The molecule has 0 saturated carbocycles. The Bertz CT molecular complexity index is 472. The first-order chi connectivity index (χ1) is 10.2. The number of morpholine rings is 1. The molecule has 0 aromatic heterocycles. The smallest absolute Gasteiger partial charge is 0.333 e. The molecule has 0 bridgehead atoms. The van der Waals surface area contributed by atoms with Crippen LogP contribution in [-0.2, 0) is 19.1 Å². The van der Waals surface area contributed by atoms with Crippen LogP contribution < -0.4 is 10.6 Å². The van der Waals surface area contributed by atoms with Crippen LogP contribution in [0.25, 0.3) is 0 Å². The van der Waals surface area contributed by atoms with E-state index in [9.17, 15) is 9.59 Å². The van der Waals surface area contributed by atoms with Gasteiger partial charge in [-0.3, -0.25) is 4.79 Å². The molecule has 1 aliphatic heterocycles. The fourth-order valence-electron chi connectivity index (χ4n) is 2.22. The van der Waals surface area contributed by atoms with Gasteiger partial charge in [0.15, 0.2) is 6.04 Å². The number of carbonyl (C=O) groups is 2. The van der Waals surface area contributed by atoms with E-state index >= 15 is 0 Å². The zero-order valence-corrected chi connectivity index (χ0v) is 12.0. The summed E-state index contributed by atoms with van der Waals surface area (Å²) in [6.45, 7) is 2.03. The lowest BCUT2D eigenvalue weighted by Crippen LogP contribution is -2.43. The SMILES string of the molecule is COC(=O)C(NC(=O)CC1CNCCO1)c1ccccc1. The zero-order valence-electron chi connectivity index (χ0n) is 12.0.